The van der Waals surface area contributed by atoms with Gasteiger partial charge in [0.1, 0.15) is 17.1 Å². The first-order chi connectivity index (χ1) is 7.40. The van der Waals surface area contributed by atoms with Gasteiger partial charge in [-0.1, -0.05) is 0 Å². The van der Waals surface area contributed by atoms with Crippen LogP contribution < -0.4 is 10.5 Å². The lowest BCUT2D eigenvalue weighted by molar-refractivity contribution is 0.101. The summed E-state index contributed by atoms with van der Waals surface area (Å²) in [5.74, 6) is -0.750. The molecule has 0 saturated carbocycles. The Kier molecular flexibility index (Phi) is 3.49. The van der Waals surface area contributed by atoms with Gasteiger partial charge in [-0.3, -0.25) is 4.79 Å². The fraction of sp³-hybridized carbons (Fsp3) is 0.222. The molecule has 5 nitrogen and oxygen atoms in total. The Morgan fingerprint density at radius 2 is 2.06 bits per heavy atom. The number of rotatable bonds is 3. The van der Waals surface area contributed by atoms with E-state index in [-0.39, 0.29) is 11.4 Å². The van der Waals surface area contributed by atoms with Gasteiger partial charge in [0, 0.05) is 19.1 Å². The van der Waals surface area contributed by atoms with Gasteiger partial charge in [-0.25, -0.2) is 18.6 Å². The molecule has 0 aliphatic rings. The van der Waals surface area contributed by atoms with Crippen molar-refractivity contribution in [2.75, 3.05) is 0 Å². The Morgan fingerprint density at radius 3 is 2.50 bits per heavy atom. The molecular weight excluding hydrogens is 222 g/mol. The van der Waals surface area contributed by atoms with Crippen molar-refractivity contribution in [2.45, 2.75) is 13.3 Å². The number of halogens is 2. The number of nitrogens with zero attached hydrogens (tertiary/aromatic N) is 1. The van der Waals surface area contributed by atoms with Crippen LogP contribution in [0.2, 0.25) is 0 Å². The smallest absolute Gasteiger partial charge is 0.409 e. The molecule has 0 spiro atoms. The van der Waals surface area contributed by atoms with Gasteiger partial charge in [0.25, 0.3) is 6.43 Å². The van der Waals surface area contributed by atoms with Crippen LogP contribution >= 0.6 is 0 Å². The summed E-state index contributed by atoms with van der Waals surface area (Å²) in [6.07, 6.45) is -4.02. The highest BCUT2D eigenvalue weighted by molar-refractivity contribution is 5.92. The van der Waals surface area contributed by atoms with Gasteiger partial charge in [0.15, 0.2) is 5.78 Å². The normalized spacial score (nSPS) is 10.2. The second-order valence-electron chi connectivity index (χ2n) is 2.89. The zero-order valence-electron chi connectivity index (χ0n) is 8.24. The van der Waals surface area contributed by atoms with E-state index in [0.29, 0.717) is 0 Å². The monoisotopic (exact) mass is 230 g/mol. The Hall–Kier alpha value is -2.05. The van der Waals surface area contributed by atoms with Crippen LogP contribution in [-0.2, 0) is 0 Å². The van der Waals surface area contributed by atoms with Crippen LogP contribution in [0.4, 0.5) is 13.6 Å². The number of primary amides is 1. The molecule has 16 heavy (non-hydrogen) atoms. The highest BCUT2D eigenvalue weighted by Crippen LogP contribution is 2.22. The van der Waals surface area contributed by atoms with Gasteiger partial charge in [-0.05, 0) is 0 Å². The Morgan fingerprint density at radius 1 is 1.44 bits per heavy atom. The largest absolute Gasteiger partial charge is 0.410 e. The number of pyridine rings is 1. The highest BCUT2D eigenvalue weighted by Gasteiger charge is 2.15. The molecule has 1 aromatic heterocycles. The van der Waals surface area contributed by atoms with Crippen LogP contribution in [0.5, 0.6) is 5.75 Å². The first-order valence-electron chi connectivity index (χ1n) is 4.18. The van der Waals surface area contributed by atoms with Crippen LogP contribution in [0.25, 0.3) is 0 Å². The van der Waals surface area contributed by atoms with E-state index < -0.39 is 24.0 Å². The number of carbonyl (C=O) groups excluding carboxylic acids is 2. The molecule has 0 unspecified atom stereocenters. The molecule has 0 saturated heterocycles. The summed E-state index contributed by atoms with van der Waals surface area (Å²) < 4.78 is 29.2. The van der Waals surface area contributed by atoms with Crippen LogP contribution in [-0.4, -0.2) is 16.9 Å². The fourth-order valence-corrected chi connectivity index (χ4v) is 0.993. The number of hydrogen-bond donors (Lipinski definition) is 1. The highest BCUT2D eigenvalue weighted by atomic mass is 19.3. The Labute approximate surface area is 89.2 Å². The van der Waals surface area contributed by atoms with Crippen LogP contribution in [0.15, 0.2) is 12.1 Å². The van der Waals surface area contributed by atoms with Crippen molar-refractivity contribution in [3.8, 4) is 5.75 Å². The number of Topliss-reactive ketones (excluding diaryl/α,β-unsaturated/α-hetero) is 1. The van der Waals surface area contributed by atoms with Crippen molar-refractivity contribution in [1.82, 2.24) is 4.98 Å². The predicted octanol–water partition coefficient (Wildman–Crippen LogP) is 1.68. The molecule has 0 fully saturated rings. The number of carbonyl (C=O) groups is 2. The Balaban J connectivity index is 3.18. The van der Waals surface area contributed by atoms with E-state index in [1.807, 2.05) is 0 Å². The van der Waals surface area contributed by atoms with E-state index in [0.717, 1.165) is 19.1 Å². The minimum atomic E-state index is -2.87. The lowest BCUT2D eigenvalue weighted by atomic mass is 10.2. The minimum Gasteiger partial charge on any atom is -0.410 e. The van der Waals surface area contributed by atoms with Crippen LogP contribution in [0.3, 0.4) is 0 Å². The lowest BCUT2D eigenvalue weighted by Gasteiger charge is -2.05. The van der Waals surface area contributed by atoms with Crippen LogP contribution in [0.1, 0.15) is 29.5 Å². The third-order valence-electron chi connectivity index (χ3n) is 1.62. The van der Waals surface area contributed by atoms with Crippen molar-refractivity contribution in [2.24, 2.45) is 5.73 Å². The van der Waals surface area contributed by atoms with Gasteiger partial charge >= 0.3 is 6.09 Å². The summed E-state index contributed by atoms with van der Waals surface area (Å²) in [4.78, 5) is 24.8. The molecule has 1 rings (SSSR count). The standard InChI is InChI=1S/C9H8F2N2O3/c1-4(14)6-2-5(16-9(12)15)3-7(13-6)8(10)11/h2-3,8H,1H3,(H2,12,15). The molecule has 0 aliphatic heterocycles. The zero-order chi connectivity index (χ0) is 12.3. The summed E-state index contributed by atoms with van der Waals surface area (Å²) in [6.45, 7) is 1.16. The molecule has 7 heteroatoms. The van der Waals surface area contributed by atoms with E-state index in [2.05, 4.69) is 9.72 Å². The number of aromatic nitrogens is 1. The number of amides is 1. The summed E-state index contributed by atoms with van der Waals surface area (Å²) in [6, 6.07) is 1.92. The molecule has 1 heterocycles. The molecule has 86 valence electrons. The average molecular weight is 230 g/mol. The molecule has 0 aliphatic carbocycles. The van der Waals surface area contributed by atoms with Crippen molar-refractivity contribution in [1.29, 1.82) is 0 Å². The number of ketones is 1. The van der Waals surface area contributed by atoms with Gasteiger partial charge in [0.2, 0.25) is 0 Å². The second kappa shape index (κ2) is 4.65. The van der Waals surface area contributed by atoms with Crippen molar-refractivity contribution in [3.05, 3.63) is 23.5 Å². The van der Waals surface area contributed by atoms with Crippen molar-refractivity contribution >= 4 is 11.9 Å². The molecule has 1 amide bonds. The van der Waals surface area contributed by atoms with Gasteiger partial charge in [-0.2, -0.15) is 0 Å². The quantitative estimate of drug-likeness (QED) is 0.801. The molecule has 1 aromatic rings. The maximum atomic E-state index is 12.4. The predicted molar refractivity (Wildman–Crippen MR) is 49.4 cm³/mol. The Bertz CT molecular complexity index is 435. The van der Waals surface area contributed by atoms with Gasteiger partial charge in [-0.15, -0.1) is 0 Å². The number of alkyl halides is 2. The third-order valence-corrected chi connectivity index (χ3v) is 1.62. The maximum Gasteiger partial charge on any atom is 0.409 e. The summed E-state index contributed by atoms with van der Waals surface area (Å²) in [7, 11) is 0. The molecule has 0 atom stereocenters. The molecule has 0 radical (unpaired) electrons. The number of ether oxygens (including phenoxy) is 1. The van der Waals surface area contributed by atoms with Gasteiger partial charge < -0.3 is 10.5 Å². The molecule has 0 bridgehead atoms. The maximum absolute atomic E-state index is 12.4. The zero-order valence-corrected chi connectivity index (χ0v) is 8.24. The van der Waals surface area contributed by atoms with Crippen molar-refractivity contribution in [3.63, 3.8) is 0 Å². The summed E-state index contributed by atoms with van der Waals surface area (Å²) in [5, 5.41) is 0. The fourth-order valence-electron chi connectivity index (χ4n) is 0.993. The van der Waals surface area contributed by atoms with E-state index in [9.17, 15) is 18.4 Å². The molecular formula is C9H8F2N2O3. The first-order valence-corrected chi connectivity index (χ1v) is 4.18. The lowest BCUT2D eigenvalue weighted by Crippen LogP contribution is -2.17. The molecule has 0 aromatic carbocycles. The van der Waals surface area contributed by atoms with E-state index >= 15 is 0 Å². The third kappa shape index (κ3) is 2.97. The number of hydrogen-bond acceptors (Lipinski definition) is 4. The van der Waals surface area contributed by atoms with E-state index in [1.165, 1.54) is 0 Å². The summed E-state index contributed by atoms with van der Waals surface area (Å²) in [5.41, 5.74) is 3.86. The van der Waals surface area contributed by atoms with E-state index in [1.54, 1.807) is 0 Å². The van der Waals surface area contributed by atoms with Crippen molar-refractivity contribution < 1.29 is 23.1 Å². The topological polar surface area (TPSA) is 82.3 Å². The van der Waals surface area contributed by atoms with Crippen LogP contribution in [0, 0.1) is 0 Å². The minimum absolute atomic E-state index is 0.214. The number of nitrogens with two attached hydrogens (primary N) is 1. The SMILES string of the molecule is CC(=O)c1cc(OC(N)=O)cc(C(F)F)n1. The summed E-state index contributed by atoms with van der Waals surface area (Å²) >= 11 is 0. The second-order valence-corrected chi connectivity index (χ2v) is 2.89. The van der Waals surface area contributed by atoms with Gasteiger partial charge in [0.05, 0.1) is 0 Å². The van der Waals surface area contributed by atoms with E-state index in [4.69, 9.17) is 5.73 Å². The molecule has 2 N–H and O–H groups in total. The average Bonchev–Trinajstić information content (AvgIpc) is 2.15. The first kappa shape index (κ1) is 12.0.